The SMILES string of the molecule is COc1ccccc1OCC(=O)Nc1cccc(NC(=O)c2cc(F)ccc2C)c1. The van der Waals surface area contributed by atoms with Crippen LogP contribution in [-0.4, -0.2) is 25.5 Å². The minimum absolute atomic E-state index is 0.209. The van der Waals surface area contributed by atoms with Gasteiger partial charge in [0.2, 0.25) is 0 Å². The van der Waals surface area contributed by atoms with Gasteiger partial charge >= 0.3 is 0 Å². The van der Waals surface area contributed by atoms with Crippen LogP contribution in [0.4, 0.5) is 15.8 Å². The van der Waals surface area contributed by atoms with Gasteiger partial charge < -0.3 is 20.1 Å². The number of para-hydroxylation sites is 2. The third-order valence-corrected chi connectivity index (χ3v) is 4.28. The number of ether oxygens (including phenoxy) is 2. The van der Waals surface area contributed by atoms with E-state index in [0.717, 1.165) is 0 Å². The molecule has 0 spiro atoms. The van der Waals surface area contributed by atoms with Gasteiger partial charge in [-0.15, -0.1) is 0 Å². The number of hydrogen-bond donors (Lipinski definition) is 2. The molecule has 0 radical (unpaired) electrons. The molecule has 6 nitrogen and oxygen atoms in total. The van der Waals surface area contributed by atoms with Crippen LogP contribution in [0.25, 0.3) is 0 Å². The van der Waals surface area contributed by atoms with E-state index in [1.54, 1.807) is 61.5 Å². The van der Waals surface area contributed by atoms with E-state index in [1.165, 1.54) is 19.2 Å². The van der Waals surface area contributed by atoms with Gasteiger partial charge in [0.25, 0.3) is 11.8 Å². The first-order valence-corrected chi connectivity index (χ1v) is 9.19. The molecule has 0 saturated carbocycles. The van der Waals surface area contributed by atoms with Gasteiger partial charge in [-0.2, -0.15) is 0 Å². The fourth-order valence-electron chi connectivity index (χ4n) is 2.79. The first-order valence-electron chi connectivity index (χ1n) is 9.19. The Labute approximate surface area is 173 Å². The largest absolute Gasteiger partial charge is 0.493 e. The van der Waals surface area contributed by atoms with Crippen molar-refractivity contribution in [2.24, 2.45) is 0 Å². The average molecular weight is 408 g/mol. The van der Waals surface area contributed by atoms with Gasteiger partial charge in [0.15, 0.2) is 18.1 Å². The highest BCUT2D eigenvalue weighted by molar-refractivity contribution is 6.05. The van der Waals surface area contributed by atoms with Gasteiger partial charge in [0.05, 0.1) is 7.11 Å². The van der Waals surface area contributed by atoms with Crippen molar-refractivity contribution in [3.05, 3.63) is 83.7 Å². The second-order valence-corrected chi connectivity index (χ2v) is 6.48. The molecule has 0 aliphatic heterocycles. The predicted octanol–water partition coefficient (Wildman–Crippen LogP) is 4.41. The first-order chi connectivity index (χ1) is 14.5. The maximum atomic E-state index is 13.4. The zero-order valence-corrected chi connectivity index (χ0v) is 16.6. The van der Waals surface area contributed by atoms with Crippen LogP contribution in [0.1, 0.15) is 15.9 Å². The van der Waals surface area contributed by atoms with E-state index in [2.05, 4.69) is 10.6 Å². The highest BCUT2D eigenvalue weighted by Gasteiger charge is 2.12. The summed E-state index contributed by atoms with van der Waals surface area (Å²) in [5.41, 5.74) is 1.85. The fraction of sp³-hybridized carbons (Fsp3) is 0.130. The van der Waals surface area contributed by atoms with E-state index in [1.807, 2.05) is 0 Å². The van der Waals surface area contributed by atoms with Gasteiger partial charge in [0, 0.05) is 16.9 Å². The first kappa shape index (κ1) is 20.9. The Hall–Kier alpha value is -3.87. The van der Waals surface area contributed by atoms with E-state index in [4.69, 9.17) is 9.47 Å². The Balaban J connectivity index is 1.61. The third-order valence-electron chi connectivity index (χ3n) is 4.28. The van der Waals surface area contributed by atoms with Crippen molar-refractivity contribution in [3.8, 4) is 11.5 Å². The maximum Gasteiger partial charge on any atom is 0.262 e. The average Bonchev–Trinajstić information content (AvgIpc) is 2.74. The molecule has 0 heterocycles. The summed E-state index contributed by atoms with van der Waals surface area (Å²) in [6.07, 6.45) is 0. The molecule has 3 aromatic carbocycles. The maximum absolute atomic E-state index is 13.4. The summed E-state index contributed by atoms with van der Waals surface area (Å²) < 4.78 is 24.1. The zero-order valence-electron chi connectivity index (χ0n) is 16.6. The lowest BCUT2D eigenvalue weighted by molar-refractivity contribution is -0.118. The number of hydrogen-bond acceptors (Lipinski definition) is 4. The molecule has 2 amide bonds. The lowest BCUT2D eigenvalue weighted by Gasteiger charge is -2.12. The van der Waals surface area contributed by atoms with Gasteiger partial charge in [-0.3, -0.25) is 9.59 Å². The van der Waals surface area contributed by atoms with Crippen LogP contribution in [0.3, 0.4) is 0 Å². The third kappa shape index (κ3) is 5.35. The van der Waals surface area contributed by atoms with Crippen LogP contribution < -0.4 is 20.1 Å². The van der Waals surface area contributed by atoms with E-state index in [0.29, 0.717) is 28.4 Å². The molecule has 2 N–H and O–H groups in total. The Morgan fingerprint density at radius 2 is 1.60 bits per heavy atom. The van der Waals surface area contributed by atoms with Crippen LogP contribution in [-0.2, 0) is 4.79 Å². The molecule has 7 heteroatoms. The van der Waals surface area contributed by atoms with Crippen molar-refractivity contribution in [2.45, 2.75) is 6.92 Å². The molecule has 3 rings (SSSR count). The molecule has 0 saturated heterocycles. The second-order valence-electron chi connectivity index (χ2n) is 6.48. The van der Waals surface area contributed by atoms with Crippen LogP contribution in [0.5, 0.6) is 11.5 Å². The second kappa shape index (κ2) is 9.56. The summed E-state index contributed by atoms with van der Waals surface area (Å²) in [5.74, 6) is -0.300. The molecule has 0 aromatic heterocycles. The monoisotopic (exact) mass is 408 g/mol. The minimum atomic E-state index is -0.484. The number of methoxy groups -OCH3 is 1. The normalized spacial score (nSPS) is 10.2. The standard InChI is InChI=1S/C23H21FN2O4/c1-15-10-11-16(24)12-19(15)23(28)26-18-7-5-6-17(13-18)25-22(27)14-30-21-9-4-3-8-20(21)29-2/h3-13H,14H2,1-2H3,(H,25,27)(H,26,28). The molecule has 30 heavy (non-hydrogen) atoms. The van der Waals surface area contributed by atoms with E-state index in [-0.39, 0.29) is 18.1 Å². The summed E-state index contributed by atoms with van der Waals surface area (Å²) in [6.45, 7) is 1.52. The fourth-order valence-corrected chi connectivity index (χ4v) is 2.79. The summed E-state index contributed by atoms with van der Waals surface area (Å²) in [5, 5.41) is 5.42. The van der Waals surface area contributed by atoms with E-state index < -0.39 is 11.7 Å². The van der Waals surface area contributed by atoms with Crippen molar-refractivity contribution in [2.75, 3.05) is 24.4 Å². The summed E-state index contributed by atoms with van der Waals surface area (Å²) in [7, 11) is 1.52. The van der Waals surface area contributed by atoms with Crippen LogP contribution in [0.15, 0.2) is 66.7 Å². The lowest BCUT2D eigenvalue weighted by Crippen LogP contribution is -2.20. The Bertz CT molecular complexity index is 1070. The van der Waals surface area contributed by atoms with Gasteiger partial charge in [-0.1, -0.05) is 24.3 Å². The number of benzene rings is 3. The minimum Gasteiger partial charge on any atom is -0.493 e. The molecular weight excluding hydrogens is 387 g/mol. The number of rotatable bonds is 7. The van der Waals surface area contributed by atoms with Crippen molar-refractivity contribution in [1.82, 2.24) is 0 Å². The summed E-state index contributed by atoms with van der Waals surface area (Å²) >= 11 is 0. The van der Waals surface area contributed by atoms with Crippen LogP contribution in [0.2, 0.25) is 0 Å². The predicted molar refractivity (Wildman–Crippen MR) is 113 cm³/mol. The highest BCUT2D eigenvalue weighted by atomic mass is 19.1. The van der Waals surface area contributed by atoms with Gasteiger partial charge in [-0.25, -0.2) is 4.39 Å². The number of halogens is 1. The smallest absolute Gasteiger partial charge is 0.262 e. The van der Waals surface area contributed by atoms with E-state index in [9.17, 15) is 14.0 Å². The number of carbonyl (C=O) groups excluding carboxylic acids is 2. The van der Waals surface area contributed by atoms with Crippen molar-refractivity contribution < 1.29 is 23.5 Å². The lowest BCUT2D eigenvalue weighted by atomic mass is 10.1. The topological polar surface area (TPSA) is 76.7 Å². The van der Waals surface area contributed by atoms with Gasteiger partial charge in [-0.05, 0) is 55.0 Å². The molecule has 0 fully saturated rings. The zero-order chi connectivity index (χ0) is 21.5. The quantitative estimate of drug-likeness (QED) is 0.607. The molecule has 0 aliphatic carbocycles. The number of nitrogens with one attached hydrogen (secondary N) is 2. The van der Waals surface area contributed by atoms with Crippen LogP contribution in [0, 0.1) is 12.7 Å². The summed E-state index contributed by atoms with van der Waals surface area (Å²) in [4.78, 5) is 24.7. The van der Waals surface area contributed by atoms with Crippen molar-refractivity contribution in [3.63, 3.8) is 0 Å². The molecule has 3 aromatic rings. The van der Waals surface area contributed by atoms with E-state index >= 15 is 0 Å². The number of aryl methyl sites for hydroxylation is 1. The molecule has 0 bridgehead atoms. The van der Waals surface area contributed by atoms with Gasteiger partial charge in [0.1, 0.15) is 5.82 Å². The molecule has 0 aliphatic rings. The molecule has 154 valence electrons. The molecule has 0 atom stereocenters. The number of anilines is 2. The Morgan fingerprint density at radius 3 is 2.33 bits per heavy atom. The van der Waals surface area contributed by atoms with Crippen molar-refractivity contribution in [1.29, 1.82) is 0 Å². The number of amides is 2. The number of carbonyl (C=O) groups is 2. The Kier molecular flexibility index (Phi) is 6.64. The van der Waals surface area contributed by atoms with Crippen molar-refractivity contribution >= 4 is 23.2 Å². The van der Waals surface area contributed by atoms with Crippen LogP contribution >= 0.6 is 0 Å². The Morgan fingerprint density at radius 1 is 0.900 bits per heavy atom. The summed E-state index contributed by atoms with van der Waals surface area (Å²) in [6, 6.07) is 17.7. The molecular formula is C23H21FN2O4. The molecule has 0 unspecified atom stereocenters. The highest BCUT2D eigenvalue weighted by Crippen LogP contribution is 2.25.